The van der Waals surface area contributed by atoms with Gasteiger partial charge in [0.1, 0.15) is 45.7 Å². The van der Waals surface area contributed by atoms with Gasteiger partial charge in [-0.15, -0.1) is 0 Å². The Morgan fingerprint density at radius 3 is 1.52 bits per heavy atom. The van der Waals surface area contributed by atoms with Crippen LogP contribution >= 0.6 is 34.8 Å². The smallest absolute Gasteiger partial charge is 0.145 e. The zero-order valence-electron chi connectivity index (χ0n) is 38.2. The quantitative estimate of drug-likeness (QED) is 0.123. The van der Waals surface area contributed by atoms with E-state index in [1.165, 1.54) is 17.7 Å². The number of pyridine rings is 2. The summed E-state index contributed by atoms with van der Waals surface area (Å²) in [5, 5.41) is 0.450. The van der Waals surface area contributed by atoms with E-state index in [1.807, 2.05) is 108 Å². The molecule has 0 radical (unpaired) electrons. The van der Waals surface area contributed by atoms with E-state index in [0.717, 1.165) is 47.0 Å². The molecule has 0 bridgehead atoms. The fourth-order valence-electron chi connectivity index (χ4n) is 6.16. The molecule has 0 aliphatic heterocycles. The van der Waals surface area contributed by atoms with Gasteiger partial charge in [0, 0.05) is 34.2 Å². The van der Waals surface area contributed by atoms with Crippen LogP contribution in [0.4, 0.5) is 22.0 Å². The van der Waals surface area contributed by atoms with Gasteiger partial charge in [0.05, 0.1) is 27.0 Å². The molecule has 65 heavy (non-hydrogen) atoms. The maximum Gasteiger partial charge on any atom is 0.145 e. The number of benzene rings is 5. The minimum atomic E-state index is -0.705. The van der Waals surface area contributed by atoms with Gasteiger partial charge in [-0.1, -0.05) is 165 Å². The summed E-state index contributed by atoms with van der Waals surface area (Å²) in [6, 6.07) is 37.6. The summed E-state index contributed by atoms with van der Waals surface area (Å²) in [7, 11) is 0. The molecule has 7 aromatic rings. The molecule has 0 amide bonds. The standard InChI is InChI=1S/C15H14ClF2N.C15H13ClF2.C15H16O.C9H11ClFN/c1-15(2,3)13-6-4-5-12(19-13)14-10(16)7-9(17)8-11(14)18;1-9(2)10-4-3-5-11(6-10)15-13(16)7-12(17)8-14(15)18;1-12(2)13-7-6-10-15(11-13)16-14-8-4-3-5-9-14;1-9(2,3)8-6(11)4-5-7(10)12-8/h4-8H,1-3H3;3-9H,1-2H3;3-12H,1-2H3;4-5H,1-3H3. The van der Waals surface area contributed by atoms with Gasteiger partial charge in [-0.05, 0) is 89.2 Å². The van der Waals surface area contributed by atoms with Gasteiger partial charge in [0.15, 0.2) is 0 Å². The second-order valence-corrected chi connectivity index (χ2v) is 19.0. The molecule has 0 N–H and O–H groups in total. The molecule has 0 unspecified atom stereocenters. The summed E-state index contributed by atoms with van der Waals surface area (Å²) < 4.78 is 72.6. The molecule has 0 fully saturated rings. The zero-order valence-corrected chi connectivity index (χ0v) is 40.5. The summed E-state index contributed by atoms with van der Waals surface area (Å²) in [6.45, 7) is 20.2. The predicted octanol–water partition coefficient (Wildman–Crippen LogP) is 18.2. The third-order valence-corrected chi connectivity index (χ3v) is 10.5. The van der Waals surface area contributed by atoms with Crippen molar-refractivity contribution < 1.29 is 26.7 Å². The van der Waals surface area contributed by atoms with Crippen LogP contribution in [-0.4, -0.2) is 9.97 Å². The average Bonchev–Trinajstić information content (AvgIpc) is 3.22. The Hall–Kier alpha value is -5.28. The highest BCUT2D eigenvalue weighted by atomic mass is 35.5. The van der Waals surface area contributed by atoms with Gasteiger partial charge in [-0.3, -0.25) is 4.98 Å². The van der Waals surface area contributed by atoms with E-state index >= 15 is 0 Å². The normalized spacial score (nSPS) is 11.2. The number of aromatic nitrogens is 2. The maximum absolute atomic E-state index is 13.9. The van der Waals surface area contributed by atoms with Gasteiger partial charge >= 0.3 is 0 Å². The first kappa shape index (κ1) is 52.3. The number of para-hydroxylation sites is 1. The van der Waals surface area contributed by atoms with E-state index in [1.54, 1.807) is 18.2 Å². The summed E-state index contributed by atoms with van der Waals surface area (Å²) in [5.74, 6) is -0.358. The average molecular weight is 948 g/mol. The third-order valence-electron chi connectivity index (χ3n) is 9.66. The molecule has 2 aromatic heterocycles. The van der Waals surface area contributed by atoms with Crippen molar-refractivity contribution in [2.75, 3.05) is 0 Å². The molecule has 7 rings (SSSR count). The Morgan fingerprint density at radius 2 is 1.00 bits per heavy atom. The minimum absolute atomic E-state index is 0.0241. The number of rotatable bonds is 6. The summed E-state index contributed by atoms with van der Waals surface area (Å²) in [5.41, 5.74) is 4.64. The second kappa shape index (κ2) is 23.3. The number of hydrogen-bond acceptors (Lipinski definition) is 3. The Labute approximate surface area is 395 Å². The van der Waals surface area contributed by atoms with E-state index in [2.05, 4.69) is 49.8 Å². The first-order valence-corrected chi connectivity index (χ1v) is 22.1. The van der Waals surface area contributed by atoms with Gasteiger partial charge in [0.25, 0.3) is 0 Å². The highest BCUT2D eigenvalue weighted by Crippen LogP contribution is 2.34. The largest absolute Gasteiger partial charge is 0.457 e. The summed E-state index contributed by atoms with van der Waals surface area (Å²) >= 11 is 17.5. The van der Waals surface area contributed by atoms with Crippen molar-refractivity contribution >= 4 is 34.8 Å². The summed E-state index contributed by atoms with van der Waals surface area (Å²) in [6.07, 6.45) is 0. The SMILES string of the molecule is CC(C)(C)c1cccc(-c2c(F)cc(F)cc2Cl)n1.CC(C)(C)c1nc(Cl)ccc1F.CC(C)c1cccc(-c2c(F)cc(F)cc2Cl)c1.CC(C)c1cccc(Oc2ccccc2)c1. The fourth-order valence-corrected chi connectivity index (χ4v) is 6.90. The molecule has 0 saturated heterocycles. The Bertz CT molecular complexity index is 2610. The Kier molecular flexibility index (Phi) is 18.7. The second-order valence-electron chi connectivity index (χ2n) is 17.8. The lowest BCUT2D eigenvalue weighted by Crippen LogP contribution is -2.15. The topological polar surface area (TPSA) is 35.0 Å². The highest BCUT2D eigenvalue weighted by Gasteiger charge is 2.21. The first-order chi connectivity index (χ1) is 30.4. The lowest BCUT2D eigenvalue weighted by atomic mass is 9.91. The van der Waals surface area contributed by atoms with Crippen LogP contribution in [0.2, 0.25) is 15.2 Å². The van der Waals surface area contributed by atoms with Crippen LogP contribution < -0.4 is 4.74 Å². The number of nitrogens with zero attached hydrogens (tertiary/aromatic N) is 2. The van der Waals surface area contributed by atoms with Crippen molar-refractivity contribution in [2.45, 2.75) is 91.9 Å². The van der Waals surface area contributed by atoms with Crippen LogP contribution in [0.1, 0.15) is 104 Å². The number of halogens is 8. The van der Waals surface area contributed by atoms with E-state index in [-0.39, 0.29) is 37.8 Å². The lowest BCUT2D eigenvalue weighted by molar-refractivity contribution is 0.481. The van der Waals surface area contributed by atoms with E-state index in [0.29, 0.717) is 33.9 Å². The van der Waals surface area contributed by atoms with Crippen LogP contribution in [-0.2, 0) is 10.8 Å². The molecule has 2 heterocycles. The fraction of sp³-hybridized carbons (Fsp3) is 0.259. The highest BCUT2D eigenvalue weighted by molar-refractivity contribution is 6.33. The monoisotopic (exact) mass is 946 g/mol. The molecule has 11 heteroatoms. The van der Waals surface area contributed by atoms with Gasteiger partial charge in [-0.25, -0.2) is 26.9 Å². The Morgan fingerprint density at radius 1 is 0.477 bits per heavy atom. The van der Waals surface area contributed by atoms with Crippen molar-refractivity contribution in [1.29, 1.82) is 0 Å². The predicted molar refractivity (Wildman–Crippen MR) is 259 cm³/mol. The van der Waals surface area contributed by atoms with Crippen molar-refractivity contribution in [2.24, 2.45) is 0 Å². The minimum Gasteiger partial charge on any atom is -0.457 e. The van der Waals surface area contributed by atoms with E-state index in [9.17, 15) is 22.0 Å². The molecular formula is C54H54Cl3F5N2O. The first-order valence-electron chi connectivity index (χ1n) is 21.0. The van der Waals surface area contributed by atoms with Crippen LogP contribution in [0.5, 0.6) is 11.5 Å². The molecule has 0 atom stereocenters. The molecule has 5 aromatic carbocycles. The van der Waals surface area contributed by atoms with Crippen LogP contribution in [0.3, 0.4) is 0 Å². The molecule has 3 nitrogen and oxygen atoms in total. The number of ether oxygens (including phenoxy) is 1. The van der Waals surface area contributed by atoms with Crippen molar-refractivity contribution in [3.63, 3.8) is 0 Å². The molecule has 0 aliphatic rings. The third kappa shape index (κ3) is 15.7. The van der Waals surface area contributed by atoms with Crippen LogP contribution in [0.15, 0.2) is 133 Å². The van der Waals surface area contributed by atoms with Crippen LogP contribution in [0.25, 0.3) is 22.4 Å². The van der Waals surface area contributed by atoms with Crippen LogP contribution in [0, 0.1) is 29.1 Å². The molecule has 0 aliphatic carbocycles. The van der Waals surface area contributed by atoms with E-state index < -0.39 is 23.3 Å². The van der Waals surface area contributed by atoms with Gasteiger partial charge in [-0.2, -0.15) is 0 Å². The summed E-state index contributed by atoms with van der Waals surface area (Å²) in [4.78, 5) is 8.35. The van der Waals surface area contributed by atoms with Crippen molar-refractivity contribution in [1.82, 2.24) is 9.97 Å². The lowest BCUT2D eigenvalue weighted by Gasteiger charge is -2.18. The van der Waals surface area contributed by atoms with Gasteiger partial charge < -0.3 is 4.74 Å². The van der Waals surface area contributed by atoms with Gasteiger partial charge in [0.2, 0.25) is 0 Å². The van der Waals surface area contributed by atoms with Crippen molar-refractivity contribution in [3.05, 3.63) is 200 Å². The zero-order chi connectivity index (χ0) is 48.2. The number of hydrogen-bond donors (Lipinski definition) is 0. The molecule has 0 saturated carbocycles. The van der Waals surface area contributed by atoms with E-state index in [4.69, 9.17) is 39.5 Å². The molecular weight excluding hydrogens is 894 g/mol. The van der Waals surface area contributed by atoms with Crippen molar-refractivity contribution in [3.8, 4) is 33.9 Å². The Balaban J connectivity index is 0.000000192. The molecule has 0 spiro atoms. The maximum atomic E-state index is 13.9. The molecule has 342 valence electrons.